The fourth-order valence-electron chi connectivity index (χ4n) is 0.722. The summed E-state index contributed by atoms with van der Waals surface area (Å²) in [7, 11) is 0. The van der Waals surface area contributed by atoms with Crippen molar-refractivity contribution in [2.75, 3.05) is 0 Å². The van der Waals surface area contributed by atoms with Crippen molar-refractivity contribution in [1.29, 1.82) is 0 Å². The molecule has 0 aliphatic heterocycles. The van der Waals surface area contributed by atoms with Gasteiger partial charge in [-0.1, -0.05) is 0 Å². The van der Waals surface area contributed by atoms with Crippen LogP contribution in [0.4, 0.5) is 57.1 Å². The molecule has 0 nitrogen and oxygen atoms in total. The summed E-state index contributed by atoms with van der Waals surface area (Å²) in [5.74, 6) is -30.1. The Morgan fingerprint density at radius 3 is 0.833 bits per heavy atom. The Labute approximate surface area is 118 Å². The van der Waals surface area contributed by atoms with Crippen LogP contribution in [0.2, 0.25) is 0 Å². The van der Waals surface area contributed by atoms with E-state index in [0.29, 0.717) is 0 Å². The third kappa shape index (κ3) is 4.87. The smallest absolute Gasteiger partial charge is 0.460 e. The predicted octanol–water partition coefficient (Wildman–Crippen LogP) is -10.6. The van der Waals surface area contributed by atoms with E-state index in [-0.39, 0.29) is 23.5 Å². The molecule has 156 valence electrons. The zero-order valence-corrected chi connectivity index (χ0v) is 9.88. The first-order valence-electron chi connectivity index (χ1n) is 3.80. The fourth-order valence-corrected chi connectivity index (χ4v) is 0.722. The molecule has 0 N–H and O–H groups in total. The first-order valence-corrected chi connectivity index (χ1v) is 3.80. The Bertz CT molecular complexity index is 325. The quantitative estimate of drug-likeness (QED) is 0.401. The van der Waals surface area contributed by atoms with Gasteiger partial charge in [-0.05, 0) is 0 Å². The summed E-state index contributed by atoms with van der Waals surface area (Å²) in [6.45, 7) is 0. The number of hydrogen-bond donors (Lipinski definition) is 0. The monoisotopic (exact) mass is 415 g/mol. The largest absolute Gasteiger partial charge is 1.00 e. The second-order valence-corrected chi connectivity index (χ2v) is 3.14. The molecule has 18 heteroatoms. The van der Waals surface area contributed by atoms with Gasteiger partial charge in [0.1, 0.15) is 0 Å². The normalized spacial score (nSPS) is 12.8. The van der Waals surface area contributed by atoms with Crippen molar-refractivity contribution in [2.45, 2.75) is 36.3 Å². The lowest BCUT2D eigenvalue weighted by molar-refractivity contribution is -0.430. The van der Waals surface area contributed by atoms with E-state index in [1.165, 1.54) is 0 Å². The summed E-state index contributed by atoms with van der Waals surface area (Å²) in [6, 6.07) is 0. The number of alkyl halides is 13. The van der Waals surface area contributed by atoms with Crippen LogP contribution in [0.1, 0.15) is 0 Å². The molecule has 0 unspecified atom stereocenters. The summed E-state index contributed by atoms with van der Waals surface area (Å²) >= 11 is 0. The van der Waals surface area contributed by atoms with E-state index < -0.39 is 36.3 Å². The number of hydrogen-bond acceptors (Lipinski definition) is 0. The van der Waals surface area contributed by atoms with E-state index in [1.54, 1.807) is 0 Å². The van der Waals surface area contributed by atoms with E-state index in [0.717, 1.165) is 0 Å². The van der Waals surface area contributed by atoms with Gasteiger partial charge in [-0.3, -0.25) is 0 Å². The summed E-state index contributed by atoms with van der Waals surface area (Å²) in [5, 5.41) is 0. The molecular weight excluding hydrogens is 414 g/mol. The molecule has 0 amide bonds. The van der Waals surface area contributed by atoms with Crippen LogP contribution in [0, 0.1) is 0 Å². The van der Waals surface area contributed by atoms with E-state index in [2.05, 4.69) is 0 Å². The minimum Gasteiger partial charge on any atom is -1.00 e. The maximum Gasteiger partial charge on any atom is 0.460 e. The van der Waals surface area contributed by atoms with Crippen molar-refractivity contribution in [3.63, 3.8) is 0 Å². The Kier molecular flexibility index (Phi) is 14.8. The van der Waals surface area contributed by atoms with Gasteiger partial charge >= 0.3 is 36.3 Å². The SMILES string of the molecule is FC(F)C(F)(F)C(F)(F)C(F)(F)C(F)(F)C(F)(F)F.[F-].[F-].[F-].[F-].[F-]. The predicted molar refractivity (Wildman–Crippen MR) is 31.8 cm³/mol. The average molecular weight is 415 g/mol. The zero-order valence-electron chi connectivity index (χ0n) is 9.88. The van der Waals surface area contributed by atoms with Gasteiger partial charge in [0.2, 0.25) is 0 Å². The summed E-state index contributed by atoms with van der Waals surface area (Å²) in [5.41, 5.74) is 0. The highest BCUT2D eigenvalue weighted by molar-refractivity contribution is 5.06. The third-order valence-corrected chi connectivity index (χ3v) is 1.84. The molecule has 0 saturated heterocycles. The number of halogens is 18. The standard InChI is InChI=1S/C6HF13.5FH/c7-1(8)2(9,10)3(11,12)4(13,14)5(15,16)6(17,18)19;;;;;/h1H;5*1H/p-5. The van der Waals surface area contributed by atoms with E-state index in [9.17, 15) is 57.1 Å². The second kappa shape index (κ2) is 9.28. The van der Waals surface area contributed by atoms with Gasteiger partial charge in [-0.25, -0.2) is 8.78 Å². The molecule has 24 heavy (non-hydrogen) atoms. The highest BCUT2D eigenvalue weighted by Gasteiger charge is 2.88. The molecule has 0 fully saturated rings. The van der Waals surface area contributed by atoms with Crippen LogP contribution in [0.3, 0.4) is 0 Å². The molecular formula is C6HF18-5. The van der Waals surface area contributed by atoms with Gasteiger partial charge in [0.05, 0.1) is 0 Å². The summed E-state index contributed by atoms with van der Waals surface area (Å²) < 4.78 is 155. The molecule has 0 heterocycles. The van der Waals surface area contributed by atoms with Gasteiger partial charge in [0, 0.05) is 0 Å². The van der Waals surface area contributed by atoms with Crippen LogP contribution in [0.15, 0.2) is 0 Å². The number of rotatable bonds is 4. The van der Waals surface area contributed by atoms with Crippen molar-refractivity contribution in [3.8, 4) is 0 Å². The van der Waals surface area contributed by atoms with Crippen molar-refractivity contribution >= 4 is 0 Å². The lowest BCUT2D eigenvalue weighted by Gasteiger charge is -2.36. The summed E-state index contributed by atoms with van der Waals surface area (Å²) in [4.78, 5) is 0. The van der Waals surface area contributed by atoms with Crippen LogP contribution < -0.4 is 23.5 Å². The molecule has 0 aromatic carbocycles. The van der Waals surface area contributed by atoms with Crippen LogP contribution >= 0.6 is 0 Å². The first-order chi connectivity index (χ1) is 7.94. The fraction of sp³-hybridized carbons (Fsp3) is 1.00. The molecule has 0 aliphatic carbocycles. The molecule has 0 radical (unpaired) electrons. The van der Waals surface area contributed by atoms with E-state index in [4.69, 9.17) is 0 Å². The van der Waals surface area contributed by atoms with E-state index in [1.807, 2.05) is 0 Å². The highest BCUT2D eigenvalue weighted by Crippen LogP contribution is 2.58. The minimum absolute atomic E-state index is 0. The van der Waals surface area contributed by atoms with Crippen LogP contribution in [0.5, 0.6) is 0 Å². The molecule has 0 bridgehead atoms. The van der Waals surface area contributed by atoms with Crippen LogP contribution in [-0.4, -0.2) is 36.3 Å². The Balaban J connectivity index is -0.000000162. The summed E-state index contributed by atoms with van der Waals surface area (Å²) in [6.07, 6.45) is -12.9. The zero-order chi connectivity index (χ0) is 16.1. The topological polar surface area (TPSA) is 0 Å². The lowest BCUT2D eigenvalue weighted by atomic mass is 9.98. The van der Waals surface area contributed by atoms with Gasteiger partial charge in [-0.2, -0.15) is 48.3 Å². The van der Waals surface area contributed by atoms with Gasteiger partial charge in [0.25, 0.3) is 0 Å². The van der Waals surface area contributed by atoms with Crippen molar-refractivity contribution in [3.05, 3.63) is 0 Å². The minimum atomic E-state index is -7.78. The Morgan fingerprint density at radius 1 is 0.417 bits per heavy atom. The van der Waals surface area contributed by atoms with E-state index >= 15 is 0 Å². The lowest BCUT2D eigenvalue weighted by Crippen LogP contribution is -3.00. The Hall–Kier alpha value is -1.26. The molecule has 0 rings (SSSR count). The maximum absolute atomic E-state index is 12.3. The molecule has 0 atom stereocenters. The van der Waals surface area contributed by atoms with Crippen molar-refractivity contribution < 1.29 is 80.6 Å². The molecule has 0 aromatic heterocycles. The van der Waals surface area contributed by atoms with Crippen LogP contribution in [0.25, 0.3) is 0 Å². The molecule has 0 spiro atoms. The second-order valence-electron chi connectivity index (χ2n) is 3.14. The van der Waals surface area contributed by atoms with Gasteiger partial charge < -0.3 is 23.5 Å². The highest BCUT2D eigenvalue weighted by atomic mass is 19.4. The first kappa shape index (κ1) is 38.4. The molecule has 0 aromatic rings. The Morgan fingerprint density at radius 2 is 0.667 bits per heavy atom. The van der Waals surface area contributed by atoms with Gasteiger partial charge in [-0.15, -0.1) is 0 Å². The van der Waals surface area contributed by atoms with Crippen molar-refractivity contribution in [1.82, 2.24) is 0 Å². The van der Waals surface area contributed by atoms with Gasteiger partial charge in [0.15, 0.2) is 0 Å². The molecule has 0 aliphatic rings. The molecule has 0 saturated carbocycles. The van der Waals surface area contributed by atoms with Crippen LogP contribution in [-0.2, 0) is 0 Å². The maximum atomic E-state index is 12.3. The average Bonchev–Trinajstić information content (AvgIpc) is 2.14. The third-order valence-electron chi connectivity index (χ3n) is 1.84. The van der Waals surface area contributed by atoms with Crippen molar-refractivity contribution in [2.24, 2.45) is 0 Å².